The molecule has 3 heterocycles. The van der Waals surface area contributed by atoms with E-state index in [1.807, 2.05) is 25.4 Å². The van der Waals surface area contributed by atoms with Gasteiger partial charge in [0.15, 0.2) is 5.82 Å². The van der Waals surface area contributed by atoms with Gasteiger partial charge in [0.2, 0.25) is 5.89 Å². The van der Waals surface area contributed by atoms with Crippen LogP contribution in [0.3, 0.4) is 0 Å². The summed E-state index contributed by atoms with van der Waals surface area (Å²) >= 11 is 0. The molecule has 0 aliphatic carbocycles. The number of hydrogen-bond donors (Lipinski definition) is 0. The van der Waals surface area contributed by atoms with Gasteiger partial charge in [0.05, 0.1) is 6.54 Å². The summed E-state index contributed by atoms with van der Waals surface area (Å²) in [6.07, 6.45) is 4.95. The number of hydrogen-bond acceptors (Lipinski definition) is 6. The Morgan fingerprint density at radius 3 is 2.91 bits per heavy atom. The smallest absolute Gasteiger partial charge is 0.223 e. The number of rotatable bonds is 4. The highest BCUT2D eigenvalue weighted by Crippen LogP contribution is 2.21. The molecule has 0 saturated carbocycles. The van der Waals surface area contributed by atoms with Crippen molar-refractivity contribution in [3.05, 3.63) is 41.8 Å². The van der Waals surface area contributed by atoms with Crippen LogP contribution in [0.15, 0.2) is 29.0 Å². The van der Waals surface area contributed by atoms with Gasteiger partial charge in [-0.3, -0.25) is 14.8 Å². The van der Waals surface area contributed by atoms with Gasteiger partial charge in [0.1, 0.15) is 0 Å². The molecule has 1 saturated heterocycles. The van der Waals surface area contributed by atoms with Crippen LogP contribution in [0.4, 0.5) is 0 Å². The van der Waals surface area contributed by atoms with Gasteiger partial charge < -0.3 is 4.52 Å². The number of aromatic nitrogens is 3. The minimum Gasteiger partial charge on any atom is -0.340 e. The molecule has 0 bridgehead atoms. The van der Waals surface area contributed by atoms with E-state index in [1.165, 1.54) is 5.56 Å². The predicted molar refractivity (Wildman–Crippen MR) is 83.2 cm³/mol. The van der Waals surface area contributed by atoms with Crippen LogP contribution in [0, 0.1) is 6.92 Å². The summed E-state index contributed by atoms with van der Waals surface area (Å²) < 4.78 is 5.05. The summed E-state index contributed by atoms with van der Waals surface area (Å²) in [6.45, 7) is 9.12. The summed E-state index contributed by atoms with van der Waals surface area (Å²) in [4.78, 5) is 13.5. The molecule has 0 amide bonds. The van der Waals surface area contributed by atoms with Crippen LogP contribution in [0.2, 0.25) is 0 Å². The molecular weight excluding hydrogens is 278 g/mol. The summed E-state index contributed by atoms with van der Waals surface area (Å²) in [5.74, 6) is 1.42. The van der Waals surface area contributed by atoms with Crippen LogP contribution in [0.5, 0.6) is 0 Å². The van der Waals surface area contributed by atoms with Crippen molar-refractivity contribution >= 4 is 0 Å². The van der Waals surface area contributed by atoms with Crippen molar-refractivity contribution in [2.45, 2.75) is 32.9 Å². The Kier molecular flexibility index (Phi) is 4.80. The van der Waals surface area contributed by atoms with Gasteiger partial charge in [0, 0.05) is 45.0 Å². The summed E-state index contributed by atoms with van der Waals surface area (Å²) in [5, 5.41) is 3.99. The van der Waals surface area contributed by atoms with E-state index in [0.717, 1.165) is 45.0 Å². The van der Waals surface area contributed by atoms with Crippen molar-refractivity contribution in [1.29, 1.82) is 0 Å². The molecule has 1 fully saturated rings. The first-order chi connectivity index (χ1) is 10.7. The fourth-order valence-corrected chi connectivity index (χ4v) is 2.98. The lowest BCUT2D eigenvalue weighted by Gasteiger charge is -2.27. The van der Waals surface area contributed by atoms with Gasteiger partial charge in [-0.15, -0.1) is 0 Å². The first-order valence-corrected chi connectivity index (χ1v) is 7.88. The summed E-state index contributed by atoms with van der Waals surface area (Å²) in [5.41, 5.74) is 1.28. The van der Waals surface area contributed by atoms with Crippen molar-refractivity contribution in [2.75, 3.05) is 26.2 Å². The third kappa shape index (κ3) is 3.69. The first-order valence-electron chi connectivity index (χ1n) is 7.88. The second-order valence-corrected chi connectivity index (χ2v) is 5.86. The number of nitrogens with zero attached hydrogens (tertiary/aromatic N) is 5. The number of aryl methyl sites for hydroxylation is 1. The number of pyridine rings is 1. The molecule has 0 aromatic carbocycles. The van der Waals surface area contributed by atoms with Gasteiger partial charge in [-0.25, -0.2) is 0 Å². The van der Waals surface area contributed by atoms with E-state index in [9.17, 15) is 0 Å². The Bertz CT molecular complexity index is 585. The van der Waals surface area contributed by atoms with Gasteiger partial charge in [0.25, 0.3) is 0 Å². The van der Waals surface area contributed by atoms with Gasteiger partial charge >= 0.3 is 0 Å². The van der Waals surface area contributed by atoms with Crippen molar-refractivity contribution < 1.29 is 4.52 Å². The van der Waals surface area contributed by atoms with E-state index in [0.29, 0.717) is 11.9 Å². The highest BCUT2D eigenvalue weighted by molar-refractivity contribution is 5.13. The maximum Gasteiger partial charge on any atom is 0.223 e. The molecule has 0 spiro atoms. The Hall–Kier alpha value is -1.79. The molecule has 1 unspecified atom stereocenters. The quantitative estimate of drug-likeness (QED) is 0.861. The Morgan fingerprint density at radius 2 is 2.18 bits per heavy atom. The van der Waals surface area contributed by atoms with E-state index in [-0.39, 0.29) is 0 Å². The van der Waals surface area contributed by atoms with Gasteiger partial charge in [-0.1, -0.05) is 11.2 Å². The summed E-state index contributed by atoms with van der Waals surface area (Å²) in [7, 11) is 0. The van der Waals surface area contributed by atoms with Crippen molar-refractivity contribution in [3.8, 4) is 0 Å². The van der Waals surface area contributed by atoms with Crippen LogP contribution >= 0.6 is 0 Å². The first kappa shape index (κ1) is 15.1. The zero-order valence-corrected chi connectivity index (χ0v) is 13.3. The lowest BCUT2D eigenvalue weighted by Crippen LogP contribution is -2.32. The Morgan fingerprint density at radius 1 is 1.27 bits per heavy atom. The standard InChI is InChI=1S/C16H23N5O/c1-13(15-5-3-6-17-11-15)21-8-4-7-20(9-10-21)12-16-18-14(2)22-19-16/h3,5-6,11,13H,4,7-10,12H2,1-2H3. The second kappa shape index (κ2) is 6.98. The molecular formula is C16H23N5O. The zero-order chi connectivity index (χ0) is 15.4. The van der Waals surface area contributed by atoms with Crippen molar-refractivity contribution in [3.63, 3.8) is 0 Å². The third-order valence-electron chi connectivity index (χ3n) is 4.27. The normalized spacial score (nSPS) is 19.0. The topological polar surface area (TPSA) is 58.3 Å². The second-order valence-electron chi connectivity index (χ2n) is 5.86. The average molecular weight is 301 g/mol. The SMILES string of the molecule is Cc1nc(CN2CCCN(C(C)c3cccnc3)CC2)no1. The zero-order valence-electron chi connectivity index (χ0n) is 13.3. The molecule has 3 rings (SSSR count). The fraction of sp³-hybridized carbons (Fsp3) is 0.562. The molecule has 2 aromatic rings. The molecule has 1 aliphatic heterocycles. The molecule has 1 aliphatic rings. The molecule has 2 aromatic heterocycles. The summed E-state index contributed by atoms with van der Waals surface area (Å²) in [6, 6.07) is 4.57. The molecule has 118 valence electrons. The molecule has 0 N–H and O–H groups in total. The molecule has 1 atom stereocenters. The molecule has 6 nitrogen and oxygen atoms in total. The predicted octanol–water partition coefficient (Wildman–Crippen LogP) is 2.04. The largest absolute Gasteiger partial charge is 0.340 e. The van der Waals surface area contributed by atoms with E-state index in [1.54, 1.807) is 0 Å². The van der Waals surface area contributed by atoms with Gasteiger partial charge in [-0.2, -0.15) is 4.98 Å². The van der Waals surface area contributed by atoms with Crippen molar-refractivity contribution in [1.82, 2.24) is 24.9 Å². The monoisotopic (exact) mass is 301 g/mol. The van der Waals surface area contributed by atoms with E-state index >= 15 is 0 Å². The van der Waals surface area contributed by atoms with Crippen LogP contribution in [0.1, 0.15) is 36.7 Å². The Labute approximate surface area is 131 Å². The maximum absolute atomic E-state index is 5.05. The third-order valence-corrected chi connectivity index (χ3v) is 4.27. The van der Waals surface area contributed by atoms with Crippen molar-refractivity contribution in [2.24, 2.45) is 0 Å². The lowest BCUT2D eigenvalue weighted by atomic mass is 10.1. The minimum absolute atomic E-state index is 0.404. The average Bonchev–Trinajstić information content (AvgIpc) is 2.81. The maximum atomic E-state index is 5.05. The highest BCUT2D eigenvalue weighted by atomic mass is 16.5. The van der Waals surface area contributed by atoms with E-state index < -0.39 is 0 Å². The lowest BCUT2D eigenvalue weighted by molar-refractivity contribution is 0.206. The van der Waals surface area contributed by atoms with E-state index in [2.05, 4.69) is 37.9 Å². The fourth-order valence-electron chi connectivity index (χ4n) is 2.98. The molecule has 0 radical (unpaired) electrons. The molecule has 22 heavy (non-hydrogen) atoms. The van der Waals surface area contributed by atoms with Gasteiger partial charge in [-0.05, 0) is 31.5 Å². The van der Waals surface area contributed by atoms with Crippen LogP contribution in [0.25, 0.3) is 0 Å². The Balaban J connectivity index is 1.57. The van der Waals surface area contributed by atoms with Crippen LogP contribution < -0.4 is 0 Å². The van der Waals surface area contributed by atoms with Crippen LogP contribution in [-0.4, -0.2) is 51.1 Å². The highest BCUT2D eigenvalue weighted by Gasteiger charge is 2.21. The van der Waals surface area contributed by atoms with E-state index in [4.69, 9.17) is 4.52 Å². The minimum atomic E-state index is 0.404. The molecule has 6 heteroatoms. The van der Waals surface area contributed by atoms with Crippen LogP contribution in [-0.2, 0) is 6.54 Å².